The summed E-state index contributed by atoms with van der Waals surface area (Å²) >= 11 is 8.73. The number of carbonyl (C=O) groups is 1. The van der Waals surface area contributed by atoms with Crippen molar-refractivity contribution in [1.29, 1.82) is 0 Å². The quantitative estimate of drug-likeness (QED) is 0.589. The highest BCUT2D eigenvalue weighted by Crippen LogP contribution is 2.37. The van der Waals surface area contributed by atoms with Crippen LogP contribution in [0.3, 0.4) is 0 Å². The van der Waals surface area contributed by atoms with E-state index in [0.29, 0.717) is 28.9 Å². The molecule has 0 bridgehead atoms. The van der Waals surface area contributed by atoms with Crippen molar-refractivity contribution in [2.45, 2.75) is 6.92 Å². The largest absolute Gasteiger partial charge is 0.493 e. The van der Waals surface area contributed by atoms with Crippen molar-refractivity contribution in [2.24, 2.45) is 0 Å². The van der Waals surface area contributed by atoms with Gasteiger partial charge in [-0.05, 0) is 58.8 Å². The van der Waals surface area contributed by atoms with E-state index in [1.54, 1.807) is 37.1 Å². The summed E-state index contributed by atoms with van der Waals surface area (Å²) in [6, 6.07) is 3.68. The van der Waals surface area contributed by atoms with Gasteiger partial charge in [-0.15, -0.1) is 0 Å². The molecule has 118 valence electrons. The number of hydrogen-bond acceptors (Lipinski definition) is 4. The fourth-order valence-corrected chi connectivity index (χ4v) is 3.20. The Balaban J connectivity index is 2.47. The maximum Gasteiger partial charge on any atom is 0.276 e. The molecule has 7 heteroatoms. The topological polar surface area (TPSA) is 42.0 Å². The van der Waals surface area contributed by atoms with E-state index >= 15 is 0 Å². The first-order valence-corrected chi connectivity index (χ1v) is 7.87. The molecule has 0 saturated carbocycles. The van der Waals surface area contributed by atoms with Gasteiger partial charge in [0, 0.05) is 13.6 Å². The van der Waals surface area contributed by atoms with Crippen molar-refractivity contribution in [3.05, 3.63) is 27.9 Å². The summed E-state index contributed by atoms with van der Waals surface area (Å²) in [5.41, 5.74) is 1.35. The molecule has 0 aromatic heterocycles. The molecule has 5 nitrogen and oxygen atoms in total. The second kappa shape index (κ2) is 6.66. The number of rotatable bonds is 4. The van der Waals surface area contributed by atoms with E-state index in [9.17, 15) is 4.79 Å². The Hall–Kier alpha value is -1.60. The molecule has 1 amide bonds. The molecule has 0 atom stereocenters. The summed E-state index contributed by atoms with van der Waals surface area (Å²) in [6.45, 7) is 2.45. The smallest absolute Gasteiger partial charge is 0.276 e. The first-order chi connectivity index (χ1) is 10.4. The summed E-state index contributed by atoms with van der Waals surface area (Å²) in [6.07, 6.45) is 1.79. The number of methoxy groups -OCH3 is 2. The molecular formula is C15H17BrN2O3S. The molecule has 1 heterocycles. The Morgan fingerprint density at radius 1 is 1.32 bits per heavy atom. The van der Waals surface area contributed by atoms with Crippen LogP contribution in [0.5, 0.6) is 11.5 Å². The number of amides is 1. The molecule has 0 spiro atoms. The molecule has 1 aromatic rings. The van der Waals surface area contributed by atoms with Crippen LogP contribution in [0.4, 0.5) is 0 Å². The van der Waals surface area contributed by atoms with Gasteiger partial charge < -0.3 is 14.4 Å². The van der Waals surface area contributed by atoms with Crippen molar-refractivity contribution < 1.29 is 14.3 Å². The van der Waals surface area contributed by atoms with Crippen LogP contribution in [0.2, 0.25) is 0 Å². The maximum atomic E-state index is 12.4. The van der Waals surface area contributed by atoms with Crippen LogP contribution in [0.1, 0.15) is 12.5 Å². The summed E-state index contributed by atoms with van der Waals surface area (Å²) in [5, 5.41) is 0.512. The Kier molecular flexibility index (Phi) is 5.08. The fraction of sp³-hybridized carbons (Fsp3) is 0.333. The number of likely N-dealkylation sites (N-methyl/N-ethyl adjacent to an activating group) is 2. The minimum absolute atomic E-state index is 0.0964. The summed E-state index contributed by atoms with van der Waals surface area (Å²) in [7, 11) is 4.94. The summed E-state index contributed by atoms with van der Waals surface area (Å²) in [4.78, 5) is 15.7. The van der Waals surface area contributed by atoms with E-state index in [0.717, 1.165) is 10.0 Å². The van der Waals surface area contributed by atoms with Gasteiger partial charge in [-0.3, -0.25) is 9.69 Å². The lowest BCUT2D eigenvalue weighted by Crippen LogP contribution is -2.30. The third-order valence-electron chi connectivity index (χ3n) is 3.42. The fourth-order valence-electron chi connectivity index (χ4n) is 2.27. The van der Waals surface area contributed by atoms with Crippen LogP contribution in [0, 0.1) is 0 Å². The average Bonchev–Trinajstić information content (AvgIpc) is 2.70. The lowest BCUT2D eigenvalue weighted by atomic mass is 10.1. The Bertz CT molecular complexity index is 660. The molecule has 2 rings (SSSR count). The summed E-state index contributed by atoms with van der Waals surface area (Å²) < 4.78 is 11.4. The predicted octanol–water partition coefficient (Wildman–Crippen LogP) is 2.89. The van der Waals surface area contributed by atoms with Crippen LogP contribution in [-0.4, -0.2) is 48.6 Å². The Morgan fingerprint density at radius 2 is 2.00 bits per heavy atom. The minimum atomic E-state index is -0.0964. The van der Waals surface area contributed by atoms with Gasteiger partial charge in [0.2, 0.25) is 0 Å². The van der Waals surface area contributed by atoms with Crippen molar-refractivity contribution in [3.8, 4) is 11.5 Å². The number of benzene rings is 1. The number of nitrogens with zero attached hydrogens (tertiary/aromatic N) is 2. The van der Waals surface area contributed by atoms with E-state index in [4.69, 9.17) is 21.7 Å². The number of thiocarbonyl (C=S) groups is 1. The Labute approximate surface area is 143 Å². The number of hydrogen-bond donors (Lipinski definition) is 0. The van der Waals surface area contributed by atoms with Crippen molar-refractivity contribution in [3.63, 3.8) is 0 Å². The molecule has 0 N–H and O–H groups in total. The standard InChI is InChI=1S/C15H17BrN2O3S/c1-5-18-14(19)11(17(2)15(18)22)7-9-6-10(16)13(21-4)12(8-9)20-3/h6-8H,5H2,1-4H3/b11-7-. The van der Waals surface area contributed by atoms with Gasteiger partial charge in [0.05, 0.1) is 18.7 Å². The van der Waals surface area contributed by atoms with Gasteiger partial charge in [-0.1, -0.05) is 0 Å². The molecule has 0 aliphatic carbocycles. The zero-order valence-electron chi connectivity index (χ0n) is 12.8. The van der Waals surface area contributed by atoms with Gasteiger partial charge in [0.1, 0.15) is 5.70 Å². The molecule has 22 heavy (non-hydrogen) atoms. The van der Waals surface area contributed by atoms with Gasteiger partial charge in [0.25, 0.3) is 5.91 Å². The first kappa shape index (κ1) is 16.8. The normalized spacial score (nSPS) is 16.7. The minimum Gasteiger partial charge on any atom is -0.493 e. The van der Waals surface area contributed by atoms with Crippen LogP contribution in [0.15, 0.2) is 22.3 Å². The number of ether oxygens (including phenoxy) is 2. The molecule has 1 fully saturated rings. The third kappa shape index (κ3) is 2.83. The zero-order valence-corrected chi connectivity index (χ0v) is 15.2. The molecular weight excluding hydrogens is 368 g/mol. The second-order valence-corrected chi connectivity index (χ2v) is 5.88. The van der Waals surface area contributed by atoms with Crippen LogP contribution >= 0.6 is 28.1 Å². The van der Waals surface area contributed by atoms with Gasteiger partial charge >= 0.3 is 0 Å². The number of halogens is 1. The van der Waals surface area contributed by atoms with Crippen molar-refractivity contribution in [1.82, 2.24) is 9.80 Å². The molecule has 0 radical (unpaired) electrons. The summed E-state index contributed by atoms with van der Waals surface area (Å²) in [5.74, 6) is 1.11. The maximum absolute atomic E-state index is 12.4. The molecule has 1 aliphatic heterocycles. The van der Waals surface area contributed by atoms with E-state index < -0.39 is 0 Å². The first-order valence-electron chi connectivity index (χ1n) is 6.67. The zero-order chi connectivity index (χ0) is 16.4. The van der Waals surface area contributed by atoms with Crippen molar-refractivity contribution in [2.75, 3.05) is 27.8 Å². The van der Waals surface area contributed by atoms with Crippen LogP contribution in [-0.2, 0) is 4.79 Å². The van der Waals surface area contributed by atoms with Crippen LogP contribution < -0.4 is 9.47 Å². The average molecular weight is 385 g/mol. The third-order valence-corrected chi connectivity index (χ3v) is 4.50. The number of carbonyl (C=O) groups excluding carboxylic acids is 1. The monoisotopic (exact) mass is 384 g/mol. The van der Waals surface area contributed by atoms with Gasteiger partial charge in [0.15, 0.2) is 16.6 Å². The highest BCUT2D eigenvalue weighted by atomic mass is 79.9. The molecule has 1 aliphatic rings. The second-order valence-electron chi connectivity index (χ2n) is 4.66. The SMILES string of the molecule is CCN1C(=O)/C(=C/c2cc(Br)c(OC)c(OC)c2)N(C)C1=S. The Morgan fingerprint density at radius 3 is 2.50 bits per heavy atom. The van der Waals surface area contributed by atoms with Crippen molar-refractivity contribution >= 4 is 45.2 Å². The lowest BCUT2D eigenvalue weighted by molar-refractivity contribution is -0.122. The molecule has 1 aromatic carbocycles. The highest BCUT2D eigenvalue weighted by molar-refractivity contribution is 9.10. The van der Waals surface area contributed by atoms with Crippen LogP contribution in [0.25, 0.3) is 6.08 Å². The van der Waals surface area contributed by atoms with Gasteiger partial charge in [-0.2, -0.15) is 0 Å². The van der Waals surface area contributed by atoms with Gasteiger partial charge in [-0.25, -0.2) is 0 Å². The van der Waals surface area contributed by atoms with E-state index in [1.165, 1.54) is 0 Å². The van der Waals surface area contributed by atoms with E-state index in [-0.39, 0.29) is 5.91 Å². The predicted molar refractivity (Wildman–Crippen MR) is 93.0 cm³/mol. The molecule has 1 saturated heterocycles. The van der Waals surface area contributed by atoms with E-state index in [2.05, 4.69) is 15.9 Å². The lowest BCUT2D eigenvalue weighted by Gasteiger charge is -2.13. The van der Waals surface area contributed by atoms with E-state index in [1.807, 2.05) is 19.1 Å². The molecule has 0 unspecified atom stereocenters. The highest BCUT2D eigenvalue weighted by Gasteiger charge is 2.34.